The van der Waals surface area contributed by atoms with Gasteiger partial charge in [-0.15, -0.1) is 0 Å². The van der Waals surface area contributed by atoms with Crippen LogP contribution in [0.3, 0.4) is 0 Å². The second kappa shape index (κ2) is 4.60. The molecule has 0 saturated heterocycles. The molecule has 19 heavy (non-hydrogen) atoms. The average molecular weight is 269 g/mol. The third-order valence-corrected chi connectivity index (χ3v) is 2.74. The number of nitrogen functional groups attached to an aromatic ring is 1. The Morgan fingerprint density at radius 2 is 1.89 bits per heavy atom. The highest BCUT2D eigenvalue weighted by molar-refractivity contribution is 5.66. The molecule has 0 spiro atoms. The van der Waals surface area contributed by atoms with E-state index in [1.165, 1.54) is 6.07 Å². The number of benzene rings is 1. The van der Waals surface area contributed by atoms with Crippen LogP contribution in [0.5, 0.6) is 0 Å². The van der Waals surface area contributed by atoms with E-state index in [1.807, 2.05) is 13.8 Å². The zero-order chi connectivity index (χ0) is 14.2. The molecule has 0 radical (unpaired) electrons. The number of nitrogens with zero attached hydrogens (tertiary/aromatic N) is 2. The molecule has 0 fully saturated rings. The Balaban J connectivity index is 2.57. The second-order valence-corrected chi connectivity index (χ2v) is 4.60. The van der Waals surface area contributed by atoms with Crippen molar-refractivity contribution >= 4 is 5.69 Å². The third-order valence-electron chi connectivity index (χ3n) is 2.74. The predicted octanol–water partition coefficient (Wildman–Crippen LogP) is 3.73. The van der Waals surface area contributed by atoms with Crippen LogP contribution in [0.2, 0.25) is 0 Å². The van der Waals surface area contributed by atoms with Crippen LogP contribution in [0.4, 0.5) is 18.9 Å². The molecule has 1 aromatic heterocycles. The predicted molar refractivity (Wildman–Crippen MR) is 67.5 cm³/mol. The molecule has 0 unspecified atom stereocenters. The van der Waals surface area contributed by atoms with Crippen LogP contribution in [-0.4, -0.2) is 9.78 Å². The Kier molecular flexibility index (Phi) is 3.26. The summed E-state index contributed by atoms with van der Waals surface area (Å²) >= 11 is 0. The quantitative estimate of drug-likeness (QED) is 0.844. The Hall–Kier alpha value is -1.98. The molecule has 2 aromatic rings. The summed E-state index contributed by atoms with van der Waals surface area (Å²) in [6.07, 6.45) is -2.85. The van der Waals surface area contributed by atoms with Crippen molar-refractivity contribution < 1.29 is 13.2 Å². The van der Waals surface area contributed by atoms with Crippen LogP contribution >= 0.6 is 0 Å². The molecule has 0 saturated carbocycles. The van der Waals surface area contributed by atoms with E-state index in [9.17, 15) is 13.2 Å². The molecule has 0 aliphatic carbocycles. The number of alkyl halides is 3. The molecule has 0 aliphatic rings. The number of nitrogens with two attached hydrogens (primary N) is 1. The highest BCUT2D eigenvalue weighted by atomic mass is 19.4. The maximum absolute atomic E-state index is 12.8. The highest BCUT2D eigenvalue weighted by Gasteiger charge is 2.31. The molecule has 0 bridgehead atoms. The van der Waals surface area contributed by atoms with Crippen molar-refractivity contribution in [3.8, 4) is 11.3 Å². The van der Waals surface area contributed by atoms with Crippen molar-refractivity contribution in [2.75, 3.05) is 5.73 Å². The van der Waals surface area contributed by atoms with Crippen LogP contribution in [0, 0.1) is 0 Å². The van der Waals surface area contributed by atoms with Crippen molar-refractivity contribution in [2.24, 2.45) is 0 Å². The average Bonchev–Trinajstić information content (AvgIpc) is 2.75. The van der Waals surface area contributed by atoms with Gasteiger partial charge in [0.2, 0.25) is 0 Å². The maximum atomic E-state index is 12.8. The van der Waals surface area contributed by atoms with Crippen LogP contribution in [-0.2, 0) is 6.18 Å². The molecule has 1 heterocycles. The number of anilines is 1. The number of aromatic nitrogens is 2. The summed E-state index contributed by atoms with van der Waals surface area (Å²) in [6.45, 7) is 3.82. The van der Waals surface area contributed by atoms with Gasteiger partial charge in [-0.05, 0) is 38.1 Å². The SMILES string of the molecule is CC(C)n1nccc1-c1cc(N)cc(C(F)(F)F)c1. The summed E-state index contributed by atoms with van der Waals surface area (Å²) < 4.78 is 40.0. The second-order valence-electron chi connectivity index (χ2n) is 4.60. The van der Waals surface area contributed by atoms with E-state index in [0.29, 0.717) is 11.3 Å². The van der Waals surface area contributed by atoms with Gasteiger partial charge in [-0.2, -0.15) is 18.3 Å². The zero-order valence-corrected chi connectivity index (χ0v) is 10.6. The molecule has 102 valence electrons. The topological polar surface area (TPSA) is 43.8 Å². The lowest BCUT2D eigenvalue weighted by Crippen LogP contribution is -2.08. The van der Waals surface area contributed by atoms with Crippen LogP contribution in [0.15, 0.2) is 30.5 Å². The normalized spacial score (nSPS) is 12.1. The summed E-state index contributed by atoms with van der Waals surface area (Å²) in [5.74, 6) is 0. The van der Waals surface area contributed by atoms with E-state index in [4.69, 9.17) is 5.73 Å². The number of rotatable bonds is 2. The van der Waals surface area contributed by atoms with E-state index in [1.54, 1.807) is 16.9 Å². The lowest BCUT2D eigenvalue weighted by atomic mass is 10.1. The molecule has 3 nitrogen and oxygen atoms in total. The first kappa shape index (κ1) is 13.5. The number of hydrogen-bond donors (Lipinski definition) is 1. The first-order chi connectivity index (χ1) is 8.79. The third kappa shape index (κ3) is 2.72. The van der Waals surface area contributed by atoms with Crippen molar-refractivity contribution in [1.29, 1.82) is 0 Å². The van der Waals surface area contributed by atoms with Crippen LogP contribution < -0.4 is 5.73 Å². The molecule has 6 heteroatoms. The monoisotopic (exact) mass is 269 g/mol. The van der Waals surface area contributed by atoms with Gasteiger partial charge in [-0.3, -0.25) is 4.68 Å². The summed E-state index contributed by atoms with van der Waals surface area (Å²) in [4.78, 5) is 0. The van der Waals surface area contributed by atoms with Crippen LogP contribution in [0.1, 0.15) is 25.5 Å². The molecule has 1 aromatic carbocycles. The fraction of sp³-hybridized carbons (Fsp3) is 0.308. The lowest BCUT2D eigenvalue weighted by molar-refractivity contribution is -0.137. The van der Waals surface area contributed by atoms with Gasteiger partial charge < -0.3 is 5.73 Å². The van der Waals surface area contributed by atoms with Crippen molar-refractivity contribution in [1.82, 2.24) is 9.78 Å². The zero-order valence-electron chi connectivity index (χ0n) is 10.6. The molecular formula is C13H14F3N3. The summed E-state index contributed by atoms with van der Waals surface area (Å²) in [6, 6.07) is 5.27. The molecule has 2 rings (SSSR count). The van der Waals surface area contributed by atoms with Crippen LogP contribution in [0.25, 0.3) is 11.3 Å². The van der Waals surface area contributed by atoms with Crippen molar-refractivity contribution in [2.45, 2.75) is 26.1 Å². The van der Waals surface area contributed by atoms with Gasteiger partial charge in [0, 0.05) is 23.5 Å². The maximum Gasteiger partial charge on any atom is 0.416 e. The Morgan fingerprint density at radius 3 is 2.47 bits per heavy atom. The van der Waals surface area contributed by atoms with Gasteiger partial charge in [-0.1, -0.05) is 0 Å². The van der Waals surface area contributed by atoms with Gasteiger partial charge in [-0.25, -0.2) is 0 Å². The molecule has 0 aliphatic heterocycles. The van der Waals surface area contributed by atoms with Gasteiger partial charge in [0.25, 0.3) is 0 Å². The first-order valence-corrected chi connectivity index (χ1v) is 5.80. The number of halogens is 3. The summed E-state index contributed by atoms with van der Waals surface area (Å²) in [7, 11) is 0. The van der Waals surface area contributed by atoms with E-state index in [0.717, 1.165) is 12.1 Å². The van der Waals surface area contributed by atoms with Gasteiger partial charge in [0.15, 0.2) is 0 Å². The van der Waals surface area contributed by atoms with Crippen molar-refractivity contribution in [3.05, 3.63) is 36.0 Å². The Morgan fingerprint density at radius 1 is 1.21 bits per heavy atom. The lowest BCUT2D eigenvalue weighted by Gasteiger charge is -2.14. The molecule has 0 amide bonds. The Labute approximate surface area is 108 Å². The summed E-state index contributed by atoms with van der Waals surface area (Å²) in [5, 5.41) is 4.11. The minimum atomic E-state index is -4.41. The number of hydrogen-bond acceptors (Lipinski definition) is 2. The fourth-order valence-electron chi connectivity index (χ4n) is 1.92. The van der Waals surface area contributed by atoms with Gasteiger partial charge in [0.1, 0.15) is 0 Å². The molecule has 2 N–H and O–H groups in total. The standard InChI is InChI=1S/C13H14F3N3/c1-8(2)19-12(3-4-18-19)9-5-10(13(14,15)16)7-11(17)6-9/h3-8H,17H2,1-2H3. The minimum Gasteiger partial charge on any atom is -0.399 e. The van der Waals surface area contributed by atoms with E-state index in [-0.39, 0.29) is 11.7 Å². The van der Waals surface area contributed by atoms with Crippen molar-refractivity contribution in [3.63, 3.8) is 0 Å². The van der Waals surface area contributed by atoms with Gasteiger partial charge >= 0.3 is 6.18 Å². The van der Waals surface area contributed by atoms with Gasteiger partial charge in [0.05, 0.1) is 11.3 Å². The molecular weight excluding hydrogens is 255 g/mol. The molecule has 0 atom stereocenters. The van der Waals surface area contributed by atoms with E-state index >= 15 is 0 Å². The minimum absolute atomic E-state index is 0.0563. The Bertz CT molecular complexity index is 585. The van der Waals surface area contributed by atoms with E-state index in [2.05, 4.69) is 5.10 Å². The first-order valence-electron chi connectivity index (χ1n) is 5.80. The smallest absolute Gasteiger partial charge is 0.399 e. The largest absolute Gasteiger partial charge is 0.416 e. The fourth-order valence-corrected chi connectivity index (χ4v) is 1.92. The van der Waals surface area contributed by atoms with E-state index < -0.39 is 11.7 Å². The summed E-state index contributed by atoms with van der Waals surface area (Å²) in [5.41, 5.74) is 5.93. The highest BCUT2D eigenvalue weighted by Crippen LogP contribution is 2.34.